The van der Waals surface area contributed by atoms with Crippen LogP contribution in [-0.2, 0) is 0 Å². The molecule has 1 aromatic rings. The van der Waals surface area contributed by atoms with Gasteiger partial charge >= 0.3 is 0 Å². The first kappa shape index (κ1) is 9.58. The van der Waals surface area contributed by atoms with Crippen molar-refractivity contribution in [3.05, 3.63) is 28.8 Å². The lowest BCUT2D eigenvalue weighted by molar-refractivity contribution is 0.413. The summed E-state index contributed by atoms with van der Waals surface area (Å²) in [6, 6.07) is 3.77. The molecule has 0 bridgehead atoms. The largest absolute Gasteiger partial charge is 0.496 e. The second-order valence-electron chi connectivity index (χ2n) is 3.05. The highest BCUT2D eigenvalue weighted by Gasteiger charge is 2.07. The molecule has 0 atom stereocenters. The zero-order valence-corrected chi connectivity index (χ0v) is 8.14. The molecule has 0 radical (unpaired) electrons. The molecule has 0 saturated carbocycles. The van der Waals surface area contributed by atoms with E-state index in [1.54, 1.807) is 7.11 Å². The van der Waals surface area contributed by atoms with Gasteiger partial charge in [-0.05, 0) is 37.1 Å². The summed E-state index contributed by atoms with van der Waals surface area (Å²) in [5, 5.41) is 7.34. The van der Waals surface area contributed by atoms with Gasteiger partial charge in [0.25, 0.3) is 0 Å². The van der Waals surface area contributed by atoms with E-state index in [4.69, 9.17) is 15.9 Å². The number of ether oxygens (including phenoxy) is 1. The molecule has 0 unspecified atom stereocenters. The van der Waals surface area contributed by atoms with Gasteiger partial charge in [0.2, 0.25) is 0 Å². The van der Waals surface area contributed by atoms with Crippen molar-refractivity contribution in [2.45, 2.75) is 13.8 Å². The van der Waals surface area contributed by atoms with Crippen LogP contribution in [0.3, 0.4) is 0 Å². The number of methoxy groups -OCH3 is 1. The lowest BCUT2D eigenvalue weighted by Crippen LogP contribution is -2.13. The fourth-order valence-corrected chi connectivity index (χ4v) is 1.17. The average Bonchev–Trinajstić information content (AvgIpc) is 2.08. The van der Waals surface area contributed by atoms with Gasteiger partial charge in [0, 0.05) is 0 Å². The number of aryl methyl sites for hydroxylation is 2. The second-order valence-corrected chi connectivity index (χ2v) is 3.05. The lowest BCUT2D eigenvalue weighted by atomic mass is 10.0. The zero-order valence-electron chi connectivity index (χ0n) is 8.14. The summed E-state index contributed by atoms with van der Waals surface area (Å²) in [4.78, 5) is 0. The van der Waals surface area contributed by atoms with E-state index in [-0.39, 0.29) is 5.84 Å². The van der Waals surface area contributed by atoms with Gasteiger partial charge in [-0.3, -0.25) is 5.41 Å². The first-order chi connectivity index (χ1) is 6.06. The van der Waals surface area contributed by atoms with E-state index in [0.29, 0.717) is 11.3 Å². The summed E-state index contributed by atoms with van der Waals surface area (Å²) in [5.74, 6) is 0.704. The molecule has 70 valence electrons. The van der Waals surface area contributed by atoms with Gasteiger partial charge in [0.15, 0.2) is 0 Å². The van der Waals surface area contributed by atoms with Gasteiger partial charge < -0.3 is 10.5 Å². The van der Waals surface area contributed by atoms with E-state index in [0.717, 1.165) is 11.1 Å². The Labute approximate surface area is 78.0 Å². The molecule has 0 aromatic heterocycles. The standard InChI is InChI=1S/C10H14N2O/c1-6-4-8(10(11)12)9(13-3)5-7(6)2/h4-5H,1-3H3,(H3,11,12). The number of hydrogen-bond acceptors (Lipinski definition) is 2. The van der Waals surface area contributed by atoms with Gasteiger partial charge in [0.05, 0.1) is 12.7 Å². The summed E-state index contributed by atoms with van der Waals surface area (Å²) in [7, 11) is 1.58. The molecule has 1 rings (SSSR count). The third-order valence-electron chi connectivity index (χ3n) is 2.11. The van der Waals surface area contributed by atoms with Crippen LogP contribution in [0.2, 0.25) is 0 Å². The molecule has 1 aromatic carbocycles. The molecule has 0 amide bonds. The molecule has 0 aliphatic heterocycles. The zero-order chi connectivity index (χ0) is 10.0. The predicted octanol–water partition coefficient (Wildman–Crippen LogP) is 1.60. The summed E-state index contributed by atoms with van der Waals surface area (Å²) in [5.41, 5.74) is 8.33. The number of nitrogen functional groups attached to an aromatic ring is 1. The van der Waals surface area contributed by atoms with Gasteiger partial charge in [-0.1, -0.05) is 0 Å². The lowest BCUT2D eigenvalue weighted by Gasteiger charge is -2.09. The third kappa shape index (κ3) is 1.80. The van der Waals surface area contributed by atoms with E-state index in [9.17, 15) is 0 Å². The van der Waals surface area contributed by atoms with E-state index < -0.39 is 0 Å². The molecule has 0 saturated heterocycles. The van der Waals surface area contributed by atoms with Gasteiger partial charge in [-0.2, -0.15) is 0 Å². The Balaban J connectivity index is 3.33. The maximum absolute atomic E-state index is 7.34. The molecule has 3 nitrogen and oxygen atoms in total. The maximum atomic E-state index is 7.34. The Morgan fingerprint density at radius 1 is 1.31 bits per heavy atom. The SMILES string of the molecule is COc1cc(C)c(C)cc1C(=N)N. The molecule has 0 aliphatic rings. The van der Waals surface area contributed by atoms with Crippen molar-refractivity contribution in [3.8, 4) is 5.75 Å². The maximum Gasteiger partial charge on any atom is 0.130 e. The van der Waals surface area contributed by atoms with Crippen molar-refractivity contribution in [1.29, 1.82) is 5.41 Å². The summed E-state index contributed by atoms with van der Waals surface area (Å²) in [6.45, 7) is 3.99. The van der Waals surface area contributed by atoms with Crippen LogP contribution in [0.5, 0.6) is 5.75 Å². The fraction of sp³-hybridized carbons (Fsp3) is 0.300. The third-order valence-corrected chi connectivity index (χ3v) is 2.11. The molecule has 0 heterocycles. The molecule has 3 N–H and O–H groups in total. The van der Waals surface area contributed by atoms with Gasteiger partial charge in [-0.15, -0.1) is 0 Å². The van der Waals surface area contributed by atoms with E-state index >= 15 is 0 Å². The smallest absolute Gasteiger partial charge is 0.130 e. The van der Waals surface area contributed by atoms with E-state index in [1.165, 1.54) is 0 Å². The normalized spacial score (nSPS) is 9.77. The van der Waals surface area contributed by atoms with Crippen molar-refractivity contribution in [3.63, 3.8) is 0 Å². The number of amidine groups is 1. The number of benzene rings is 1. The Bertz CT molecular complexity index is 345. The predicted molar refractivity (Wildman–Crippen MR) is 53.5 cm³/mol. The van der Waals surface area contributed by atoms with Crippen LogP contribution < -0.4 is 10.5 Å². The van der Waals surface area contributed by atoms with Crippen molar-refractivity contribution in [2.75, 3.05) is 7.11 Å². The van der Waals surface area contributed by atoms with Crippen LogP contribution in [0.25, 0.3) is 0 Å². The highest BCUT2D eigenvalue weighted by Crippen LogP contribution is 2.22. The van der Waals surface area contributed by atoms with Crippen LogP contribution in [0.1, 0.15) is 16.7 Å². The van der Waals surface area contributed by atoms with Crippen LogP contribution in [0, 0.1) is 19.3 Å². The molecule has 0 fully saturated rings. The van der Waals surface area contributed by atoms with Crippen molar-refractivity contribution >= 4 is 5.84 Å². The van der Waals surface area contributed by atoms with Crippen LogP contribution in [0.4, 0.5) is 0 Å². The molecule has 0 spiro atoms. The molecule has 0 aliphatic carbocycles. The second kappa shape index (κ2) is 3.47. The summed E-state index contributed by atoms with van der Waals surface area (Å²) >= 11 is 0. The number of rotatable bonds is 2. The highest BCUT2D eigenvalue weighted by atomic mass is 16.5. The molecular formula is C10H14N2O. The summed E-state index contributed by atoms with van der Waals surface area (Å²) in [6.07, 6.45) is 0. The molecule has 13 heavy (non-hydrogen) atoms. The average molecular weight is 178 g/mol. The highest BCUT2D eigenvalue weighted by molar-refractivity contribution is 5.97. The Morgan fingerprint density at radius 2 is 1.85 bits per heavy atom. The van der Waals surface area contributed by atoms with Gasteiger partial charge in [0.1, 0.15) is 11.6 Å². The number of nitrogens with one attached hydrogen (secondary N) is 1. The first-order valence-corrected chi connectivity index (χ1v) is 4.06. The van der Waals surface area contributed by atoms with Crippen molar-refractivity contribution in [1.82, 2.24) is 0 Å². The Morgan fingerprint density at radius 3 is 2.31 bits per heavy atom. The number of hydrogen-bond donors (Lipinski definition) is 2. The summed E-state index contributed by atoms with van der Waals surface area (Å²) < 4.78 is 5.12. The minimum atomic E-state index is 0.0416. The van der Waals surface area contributed by atoms with Crippen LogP contribution in [0.15, 0.2) is 12.1 Å². The Kier molecular flexibility index (Phi) is 2.56. The van der Waals surface area contributed by atoms with E-state index in [2.05, 4.69) is 0 Å². The van der Waals surface area contributed by atoms with Crippen molar-refractivity contribution < 1.29 is 4.74 Å². The number of nitrogens with two attached hydrogens (primary N) is 1. The van der Waals surface area contributed by atoms with Crippen molar-refractivity contribution in [2.24, 2.45) is 5.73 Å². The molecular weight excluding hydrogens is 164 g/mol. The van der Waals surface area contributed by atoms with Gasteiger partial charge in [-0.25, -0.2) is 0 Å². The van der Waals surface area contributed by atoms with E-state index in [1.807, 2.05) is 26.0 Å². The first-order valence-electron chi connectivity index (χ1n) is 4.06. The van der Waals surface area contributed by atoms with Crippen LogP contribution in [-0.4, -0.2) is 12.9 Å². The topological polar surface area (TPSA) is 59.1 Å². The minimum absolute atomic E-state index is 0.0416. The Hall–Kier alpha value is -1.51. The van der Waals surface area contributed by atoms with Crippen LogP contribution >= 0.6 is 0 Å². The quantitative estimate of drug-likeness (QED) is 0.533. The molecule has 3 heteroatoms. The monoisotopic (exact) mass is 178 g/mol. The fourth-order valence-electron chi connectivity index (χ4n) is 1.17. The minimum Gasteiger partial charge on any atom is -0.496 e.